The standard InChI is InChI=1S/C17H17FN2O4/c1-19(15(9-10-21)12-5-3-2-4-6-12)17(22)14-11-13(18)7-8-16(14)20(23)24/h2-8,11,15,21H,9-10H2,1H3. The first-order chi connectivity index (χ1) is 11.5. The van der Waals surface area contributed by atoms with Gasteiger partial charge in [0.2, 0.25) is 0 Å². The van der Waals surface area contributed by atoms with Gasteiger partial charge in [-0.25, -0.2) is 4.39 Å². The van der Waals surface area contributed by atoms with Crippen LogP contribution in [0.5, 0.6) is 0 Å². The number of aliphatic hydroxyl groups excluding tert-OH is 1. The zero-order valence-electron chi connectivity index (χ0n) is 13.1. The van der Waals surface area contributed by atoms with Crippen LogP contribution in [0.4, 0.5) is 10.1 Å². The lowest BCUT2D eigenvalue weighted by molar-refractivity contribution is -0.385. The van der Waals surface area contributed by atoms with Gasteiger partial charge in [0.1, 0.15) is 11.4 Å². The number of rotatable bonds is 6. The van der Waals surface area contributed by atoms with Crippen LogP contribution in [0.2, 0.25) is 0 Å². The SMILES string of the molecule is CN(C(=O)c1cc(F)ccc1[N+](=O)[O-])C(CCO)c1ccccc1. The maximum Gasteiger partial charge on any atom is 0.282 e. The second-order valence-electron chi connectivity index (χ2n) is 5.27. The molecule has 0 aliphatic carbocycles. The highest BCUT2D eigenvalue weighted by atomic mass is 19.1. The first-order valence-corrected chi connectivity index (χ1v) is 7.32. The third-order valence-electron chi connectivity index (χ3n) is 3.76. The van der Waals surface area contributed by atoms with Gasteiger partial charge in [-0.3, -0.25) is 14.9 Å². The minimum Gasteiger partial charge on any atom is -0.396 e. The molecule has 1 N–H and O–H groups in total. The van der Waals surface area contributed by atoms with E-state index in [2.05, 4.69) is 0 Å². The monoisotopic (exact) mass is 332 g/mol. The van der Waals surface area contributed by atoms with E-state index in [9.17, 15) is 24.4 Å². The highest BCUT2D eigenvalue weighted by Crippen LogP contribution is 2.27. The Morgan fingerprint density at radius 2 is 1.96 bits per heavy atom. The third-order valence-corrected chi connectivity index (χ3v) is 3.76. The number of benzene rings is 2. The number of amides is 1. The molecule has 2 rings (SSSR count). The van der Waals surface area contributed by atoms with Gasteiger partial charge in [0.15, 0.2) is 0 Å². The van der Waals surface area contributed by atoms with Crippen LogP contribution in [-0.4, -0.2) is 34.5 Å². The second-order valence-corrected chi connectivity index (χ2v) is 5.27. The molecule has 2 aromatic rings. The van der Waals surface area contributed by atoms with Crippen molar-refractivity contribution in [1.29, 1.82) is 0 Å². The lowest BCUT2D eigenvalue weighted by Gasteiger charge is -2.28. The van der Waals surface area contributed by atoms with Crippen molar-refractivity contribution in [1.82, 2.24) is 4.90 Å². The van der Waals surface area contributed by atoms with Gasteiger partial charge in [-0.05, 0) is 24.1 Å². The normalized spacial score (nSPS) is 11.8. The smallest absolute Gasteiger partial charge is 0.282 e. The predicted octanol–water partition coefficient (Wildman–Crippen LogP) is 2.93. The molecule has 0 fully saturated rings. The minimum absolute atomic E-state index is 0.164. The average molecular weight is 332 g/mol. The molecular weight excluding hydrogens is 315 g/mol. The second kappa shape index (κ2) is 7.65. The quantitative estimate of drug-likeness (QED) is 0.651. The van der Waals surface area contributed by atoms with Gasteiger partial charge in [0.05, 0.1) is 11.0 Å². The van der Waals surface area contributed by atoms with Gasteiger partial charge in [-0.15, -0.1) is 0 Å². The Morgan fingerprint density at radius 1 is 1.29 bits per heavy atom. The van der Waals surface area contributed by atoms with E-state index in [0.717, 1.165) is 23.8 Å². The van der Waals surface area contributed by atoms with Gasteiger partial charge >= 0.3 is 0 Å². The fraction of sp³-hybridized carbons (Fsp3) is 0.235. The molecule has 7 heteroatoms. The van der Waals surface area contributed by atoms with Crippen LogP contribution in [0.25, 0.3) is 0 Å². The zero-order chi connectivity index (χ0) is 17.7. The third kappa shape index (κ3) is 3.75. The van der Waals surface area contributed by atoms with Crippen molar-refractivity contribution in [3.8, 4) is 0 Å². The molecule has 1 unspecified atom stereocenters. The Kier molecular flexibility index (Phi) is 5.59. The van der Waals surface area contributed by atoms with Crippen LogP contribution in [0, 0.1) is 15.9 Å². The molecule has 1 amide bonds. The fourth-order valence-corrected chi connectivity index (χ4v) is 2.55. The number of nitro groups is 1. The molecule has 6 nitrogen and oxygen atoms in total. The van der Waals surface area contributed by atoms with E-state index in [4.69, 9.17) is 0 Å². The van der Waals surface area contributed by atoms with E-state index in [1.165, 1.54) is 11.9 Å². The van der Waals surface area contributed by atoms with Crippen LogP contribution in [0.3, 0.4) is 0 Å². The number of hydrogen-bond donors (Lipinski definition) is 1. The Labute approximate surface area is 138 Å². The molecule has 126 valence electrons. The van der Waals surface area contributed by atoms with Gasteiger partial charge in [0, 0.05) is 19.7 Å². The number of aliphatic hydroxyl groups is 1. The Bertz CT molecular complexity index is 737. The van der Waals surface area contributed by atoms with Crippen LogP contribution in [0.15, 0.2) is 48.5 Å². The summed E-state index contributed by atoms with van der Waals surface area (Å²) in [6, 6.07) is 11.3. The number of nitro benzene ring substituents is 1. The molecule has 0 aliphatic rings. The van der Waals surface area contributed by atoms with Gasteiger partial charge in [-0.1, -0.05) is 30.3 Å². The summed E-state index contributed by atoms with van der Waals surface area (Å²) in [6.07, 6.45) is 0.259. The number of halogens is 1. The van der Waals surface area contributed by atoms with Crippen molar-refractivity contribution in [2.24, 2.45) is 0 Å². The largest absolute Gasteiger partial charge is 0.396 e. The Balaban J connectivity index is 2.40. The van der Waals surface area contributed by atoms with Crippen molar-refractivity contribution < 1.29 is 19.2 Å². The van der Waals surface area contributed by atoms with Crippen LogP contribution >= 0.6 is 0 Å². The first-order valence-electron chi connectivity index (χ1n) is 7.32. The summed E-state index contributed by atoms with van der Waals surface area (Å²) in [6.45, 7) is -0.164. The summed E-state index contributed by atoms with van der Waals surface area (Å²) in [5.74, 6) is -1.40. The summed E-state index contributed by atoms with van der Waals surface area (Å²) in [5.41, 5.74) is 0.00638. The number of carbonyl (C=O) groups is 1. The average Bonchev–Trinajstić information content (AvgIpc) is 2.58. The highest BCUT2D eigenvalue weighted by molar-refractivity contribution is 5.98. The van der Waals surface area contributed by atoms with E-state index >= 15 is 0 Å². The summed E-state index contributed by atoms with van der Waals surface area (Å²) in [7, 11) is 1.48. The predicted molar refractivity (Wildman–Crippen MR) is 86.0 cm³/mol. The lowest BCUT2D eigenvalue weighted by atomic mass is 10.0. The van der Waals surface area contributed by atoms with Crippen molar-refractivity contribution >= 4 is 11.6 Å². The van der Waals surface area contributed by atoms with Gasteiger partial charge in [-0.2, -0.15) is 0 Å². The van der Waals surface area contributed by atoms with Crippen LogP contribution < -0.4 is 0 Å². The van der Waals surface area contributed by atoms with Crippen LogP contribution in [0.1, 0.15) is 28.4 Å². The van der Waals surface area contributed by atoms with Crippen molar-refractivity contribution in [3.63, 3.8) is 0 Å². The summed E-state index contributed by atoms with van der Waals surface area (Å²) < 4.78 is 13.5. The maximum atomic E-state index is 13.5. The van der Waals surface area contributed by atoms with Crippen molar-refractivity contribution in [3.05, 3.63) is 75.6 Å². The highest BCUT2D eigenvalue weighted by Gasteiger charge is 2.28. The summed E-state index contributed by atoms with van der Waals surface area (Å²) in [5, 5.41) is 20.4. The van der Waals surface area contributed by atoms with E-state index in [0.29, 0.717) is 0 Å². The van der Waals surface area contributed by atoms with E-state index < -0.39 is 28.4 Å². The lowest BCUT2D eigenvalue weighted by Crippen LogP contribution is -2.32. The van der Waals surface area contributed by atoms with Gasteiger partial charge in [0.25, 0.3) is 11.6 Å². The Morgan fingerprint density at radius 3 is 2.54 bits per heavy atom. The van der Waals surface area contributed by atoms with Crippen molar-refractivity contribution in [2.75, 3.05) is 13.7 Å². The molecule has 0 spiro atoms. The minimum atomic E-state index is -0.726. The maximum absolute atomic E-state index is 13.5. The molecule has 0 radical (unpaired) electrons. The number of hydrogen-bond acceptors (Lipinski definition) is 4. The molecule has 0 saturated carbocycles. The molecule has 0 bridgehead atoms. The van der Waals surface area contributed by atoms with E-state index in [1.807, 2.05) is 6.07 Å². The Hall–Kier alpha value is -2.80. The number of carbonyl (C=O) groups excluding carboxylic acids is 1. The molecular formula is C17H17FN2O4. The molecule has 0 heterocycles. The van der Waals surface area contributed by atoms with E-state index in [1.54, 1.807) is 24.3 Å². The molecule has 2 aromatic carbocycles. The van der Waals surface area contributed by atoms with Gasteiger partial charge < -0.3 is 10.0 Å². The molecule has 0 aromatic heterocycles. The fourth-order valence-electron chi connectivity index (χ4n) is 2.55. The van der Waals surface area contributed by atoms with Crippen LogP contribution in [-0.2, 0) is 0 Å². The molecule has 0 aliphatic heterocycles. The first kappa shape index (κ1) is 17.6. The topological polar surface area (TPSA) is 83.7 Å². The van der Waals surface area contributed by atoms with Crippen molar-refractivity contribution in [2.45, 2.75) is 12.5 Å². The number of nitrogens with zero attached hydrogens (tertiary/aromatic N) is 2. The van der Waals surface area contributed by atoms with E-state index in [-0.39, 0.29) is 18.6 Å². The summed E-state index contributed by atoms with van der Waals surface area (Å²) >= 11 is 0. The zero-order valence-corrected chi connectivity index (χ0v) is 13.1. The molecule has 1 atom stereocenters. The summed E-state index contributed by atoms with van der Waals surface area (Å²) in [4.78, 5) is 24.3. The molecule has 24 heavy (non-hydrogen) atoms. The molecule has 0 saturated heterocycles.